The van der Waals surface area contributed by atoms with Crippen molar-refractivity contribution < 1.29 is 22.7 Å². The normalized spacial score (nSPS) is 12.9. The van der Waals surface area contributed by atoms with Gasteiger partial charge < -0.3 is 15.0 Å². The lowest BCUT2D eigenvalue weighted by Gasteiger charge is -2.32. The summed E-state index contributed by atoms with van der Waals surface area (Å²) in [7, 11) is -2.01. The summed E-state index contributed by atoms with van der Waals surface area (Å²) in [6, 6.07) is 14.0. The fourth-order valence-corrected chi connectivity index (χ4v) is 5.09. The van der Waals surface area contributed by atoms with Crippen molar-refractivity contribution in [3.05, 3.63) is 59.7 Å². The van der Waals surface area contributed by atoms with Crippen LogP contribution < -0.4 is 14.4 Å². The fraction of sp³-hybridized carbons (Fsp3) is 0.500. The smallest absolute Gasteiger partial charge is 0.243 e. The molecule has 0 fully saturated rings. The maximum absolute atomic E-state index is 13.5. The minimum atomic E-state index is -3.56. The van der Waals surface area contributed by atoms with Crippen LogP contribution in [-0.2, 0) is 26.2 Å². The molecule has 0 aliphatic rings. The second kappa shape index (κ2) is 14.0. The topological polar surface area (TPSA) is 96.0 Å². The Balaban J connectivity index is 2.22. The number of carbonyl (C=O) groups excluding carboxylic acids is 2. The number of carbonyl (C=O) groups is 2. The zero-order valence-electron chi connectivity index (χ0n) is 22.9. The van der Waals surface area contributed by atoms with Crippen LogP contribution in [0.1, 0.15) is 57.6 Å². The number of rotatable bonds is 14. The van der Waals surface area contributed by atoms with E-state index in [4.69, 9.17) is 4.74 Å². The summed E-state index contributed by atoms with van der Waals surface area (Å²) in [6.45, 7) is 8.27. The van der Waals surface area contributed by atoms with E-state index < -0.39 is 16.1 Å². The molecule has 0 aromatic heterocycles. The third-order valence-corrected chi connectivity index (χ3v) is 7.53. The lowest BCUT2D eigenvalue weighted by atomic mass is 10.1. The first-order valence-electron chi connectivity index (χ1n) is 12.8. The SMILES string of the molecule is CCC(C)NC(=O)C(CC)N(Cc1cccc(C)c1)C(=O)CCCN(c1ccc(OC)cc1)S(C)(=O)=O. The van der Waals surface area contributed by atoms with E-state index in [-0.39, 0.29) is 30.8 Å². The predicted octanol–water partition coefficient (Wildman–Crippen LogP) is 4.27. The predicted molar refractivity (Wildman–Crippen MR) is 148 cm³/mol. The minimum Gasteiger partial charge on any atom is -0.497 e. The van der Waals surface area contributed by atoms with Crippen LogP contribution in [0.4, 0.5) is 5.69 Å². The fourth-order valence-electron chi connectivity index (χ4n) is 4.12. The molecule has 0 bridgehead atoms. The van der Waals surface area contributed by atoms with Crippen molar-refractivity contribution in [2.45, 2.75) is 72.0 Å². The van der Waals surface area contributed by atoms with Crippen LogP contribution in [-0.4, -0.2) is 57.1 Å². The van der Waals surface area contributed by atoms with Gasteiger partial charge in [0.2, 0.25) is 21.8 Å². The molecule has 2 unspecified atom stereocenters. The summed E-state index contributed by atoms with van der Waals surface area (Å²) >= 11 is 0. The molecule has 0 heterocycles. The second-order valence-electron chi connectivity index (χ2n) is 9.39. The highest BCUT2D eigenvalue weighted by Gasteiger charge is 2.29. The van der Waals surface area contributed by atoms with E-state index in [1.165, 1.54) is 4.31 Å². The summed E-state index contributed by atoms with van der Waals surface area (Å²) < 4.78 is 31.4. The van der Waals surface area contributed by atoms with Crippen LogP contribution in [0.25, 0.3) is 0 Å². The van der Waals surface area contributed by atoms with E-state index in [1.54, 1.807) is 36.3 Å². The van der Waals surface area contributed by atoms with Gasteiger partial charge in [0.1, 0.15) is 11.8 Å². The van der Waals surface area contributed by atoms with Gasteiger partial charge in [0.05, 0.1) is 19.1 Å². The Hall–Kier alpha value is -3.07. The Morgan fingerprint density at radius 1 is 1.05 bits per heavy atom. The molecule has 1 N–H and O–H groups in total. The Morgan fingerprint density at radius 2 is 1.73 bits per heavy atom. The number of aryl methyl sites for hydroxylation is 1. The quantitative estimate of drug-likeness (QED) is 0.393. The molecule has 2 amide bonds. The molecule has 2 rings (SSSR count). The Bertz CT molecular complexity index is 1130. The van der Waals surface area contributed by atoms with Gasteiger partial charge in [0.25, 0.3) is 0 Å². The molecule has 0 spiro atoms. The van der Waals surface area contributed by atoms with E-state index >= 15 is 0 Å². The van der Waals surface area contributed by atoms with Crippen molar-refractivity contribution in [3.63, 3.8) is 0 Å². The van der Waals surface area contributed by atoms with Crippen LogP contribution in [0.3, 0.4) is 0 Å². The van der Waals surface area contributed by atoms with Gasteiger partial charge in [0, 0.05) is 25.6 Å². The molecule has 204 valence electrons. The molecule has 2 atom stereocenters. The van der Waals surface area contributed by atoms with Gasteiger partial charge in [-0.25, -0.2) is 8.42 Å². The molecular weight excluding hydrogens is 490 g/mol. The highest BCUT2D eigenvalue weighted by Crippen LogP contribution is 2.22. The molecule has 8 nitrogen and oxygen atoms in total. The number of hydrogen-bond donors (Lipinski definition) is 1. The summed E-state index contributed by atoms with van der Waals surface area (Å²) in [5, 5.41) is 3.01. The maximum atomic E-state index is 13.5. The largest absolute Gasteiger partial charge is 0.497 e. The van der Waals surface area contributed by atoms with Gasteiger partial charge in [-0.3, -0.25) is 13.9 Å². The molecule has 0 saturated heterocycles. The average molecular weight is 532 g/mol. The molecule has 0 saturated carbocycles. The molecule has 9 heteroatoms. The number of hydrogen-bond acceptors (Lipinski definition) is 5. The standard InChI is InChI=1S/C28H41N3O5S/c1-7-22(4)29-28(33)26(8-2)30(20-23-12-9-11-21(3)19-23)27(32)13-10-18-31(37(6,34)35)24-14-16-25(36-5)17-15-24/h9,11-12,14-17,19,22,26H,7-8,10,13,18,20H2,1-6H3,(H,29,33). The van der Waals surface area contributed by atoms with Crippen molar-refractivity contribution in [2.75, 3.05) is 24.2 Å². The number of benzene rings is 2. The average Bonchev–Trinajstić information content (AvgIpc) is 2.85. The summed E-state index contributed by atoms with van der Waals surface area (Å²) in [5.41, 5.74) is 2.52. The number of methoxy groups -OCH3 is 1. The van der Waals surface area contributed by atoms with E-state index in [0.717, 1.165) is 23.8 Å². The van der Waals surface area contributed by atoms with Crippen molar-refractivity contribution >= 4 is 27.5 Å². The number of nitrogens with zero attached hydrogens (tertiary/aromatic N) is 2. The molecule has 2 aromatic carbocycles. The zero-order chi connectivity index (χ0) is 27.6. The molecule has 0 aliphatic heterocycles. The third kappa shape index (κ3) is 9.07. The Labute approximate surface area is 222 Å². The number of ether oxygens (including phenoxy) is 1. The van der Waals surface area contributed by atoms with E-state index in [2.05, 4.69) is 5.32 Å². The lowest BCUT2D eigenvalue weighted by molar-refractivity contribution is -0.141. The van der Waals surface area contributed by atoms with Crippen LogP contribution >= 0.6 is 0 Å². The summed E-state index contributed by atoms with van der Waals surface area (Å²) in [4.78, 5) is 28.2. The number of anilines is 1. The van der Waals surface area contributed by atoms with Gasteiger partial charge in [-0.05, 0) is 62.9 Å². The first kappa shape index (κ1) is 30.2. The Kier molecular flexibility index (Phi) is 11.4. The zero-order valence-corrected chi connectivity index (χ0v) is 23.7. The molecule has 2 aromatic rings. The molecule has 37 heavy (non-hydrogen) atoms. The third-order valence-electron chi connectivity index (χ3n) is 6.33. The van der Waals surface area contributed by atoms with E-state index in [0.29, 0.717) is 30.8 Å². The van der Waals surface area contributed by atoms with Crippen LogP contribution in [0.15, 0.2) is 48.5 Å². The number of nitrogens with one attached hydrogen (secondary N) is 1. The lowest BCUT2D eigenvalue weighted by Crippen LogP contribution is -2.50. The van der Waals surface area contributed by atoms with Gasteiger partial charge in [-0.15, -0.1) is 0 Å². The van der Waals surface area contributed by atoms with Crippen molar-refractivity contribution in [2.24, 2.45) is 0 Å². The van der Waals surface area contributed by atoms with E-state index in [1.807, 2.05) is 52.0 Å². The maximum Gasteiger partial charge on any atom is 0.243 e. The molecule has 0 radical (unpaired) electrons. The summed E-state index contributed by atoms with van der Waals surface area (Å²) in [6.07, 6.45) is 2.84. The number of sulfonamides is 1. The van der Waals surface area contributed by atoms with Crippen molar-refractivity contribution in [1.29, 1.82) is 0 Å². The van der Waals surface area contributed by atoms with Gasteiger partial charge in [0.15, 0.2) is 0 Å². The van der Waals surface area contributed by atoms with Gasteiger partial charge in [-0.2, -0.15) is 0 Å². The van der Waals surface area contributed by atoms with Gasteiger partial charge >= 0.3 is 0 Å². The van der Waals surface area contributed by atoms with Crippen molar-refractivity contribution in [1.82, 2.24) is 10.2 Å². The van der Waals surface area contributed by atoms with E-state index in [9.17, 15) is 18.0 Å². The van der Waals surface area contributed by atoms with Crippen LogP contribution in [0, 0.1) is 6.92 Å². The first-order valence-corrected chi connectivity index (χ1v) is 14.6. The molecular formula is C28H41N3O5S. The number of amides is 2. The second-order valence-corrected chi connectivity index (χ2v) is 11.3. The highest BCUT2D eigenvalue weighted by molar-refractivity contribution is 7.92. The first-order chi connectivity index (χ1) is 17.5. The van der Waals surface area contributed by atoms with Crippen LogP contribution in [0.5, 0.6) is 5.75 Å². The molecule has 0 aliphatic carbocycles. The minimum absolute atomic E-state index is 0.00490. The Morgan fingerprint density at radius 3 is 2.27 bits per heavy atom. The van der Waals surface area contributed by atoms with Crippen molar-refractivity contribution in [3.8, 4) is 5.75 Å². The summed E-state index contributed by atoms with van der Waals surface area (Å²) in [5.74, 6) is 0.269. The highest BCUT2D eigenvalue weighted by atomic mass is 32.2. The van der Waals surface area contributed by atoms with Gasteiger partial charge in [-0.1, -0.05) is 43.7 Å². The van der Waals surface area contributed by atoms with Crippen LogP contribution in [0.2, 0.25) is 0 Å². The monoisotopic (exact) mass is 531 g/mol.